The summed E-state index contributed by atoms with van der Waals surface area (Å²) in [6, 6.07) is 9.41. The molecule has 0 bridgehead atoms. The van der Waals surface area contributed by atoms with Crippen LogP contribution in [-0.4, -0.2) is 62.0 Å². The first-order valence-electron chi connectivity index (χ1n) is 10.1. The van der Waals surface area contributed by atoms with Crippen molar-refractivity contribution in [3.63, 3.8) is 0 Å². The average Bonchev–Trinajstić information content (AvgIpc) is 2.78. The Balaban J connectivity index is 1.43. The molecule has 0 unspecified atom stereocenters. The SMILES string of the molecule is CC(=O)c1ccc(N2CCN(C(=O)COC(=O)COc3ccc(Cl)c(C)c3)CC2)c(F)c1. The molecule has 1 aliphatic rings. The number of amides is 1. The molecule has 1 aliphatic heterocycles. The van der Waals surface area contributed by atoms with Crippen molar-refractivity contribution in [3.05, 3.63) is 58.4 Å². The summed E-state index contributed by atoms with van der Waals surface area (Å²) in [5, 5.41) is 0.599. The van der Waals surface area contributed by atoms with E-state index in [1.807, 2.05) is 11.8 Å². The molecule has 2 aromatic carbocycles. The van der Waals surface area contributed by atoms with Crippen LogP contribution in [0, 0.1) is 12.7 Å². The summed E-state index contributed by atoms with van der Waals surface area (Å²) in [4.78, 5) is 39.0. The molecular formula is C23H24ClFN2O5. The van der Waals surface area contributed by atoms with Gasteiger partial charge in [0.05, 0.1) is 5.69 Å². The summed E-state index contributed by atoms with van der Waals surface area (Å²) in [5.41, 5.74) is 1.53. The van der Waals surface area contributed by atoms with Crippen molar-refractivity contribution in [3.8, 4) is 5.75 Å². The first kappa shape index (κ1) is 23.5. The Morgan fingerprint density at radius 2 is 1.75 bits per heavy atom. The number of hydrogen-bond donors (Lipinski definition) is 0. The molecule has 0 saturated carbocycles. The molecule has 1 amide bonds. The lowest BCUT2D eigenvalue weighted by atomic mass is 10.1. The number of esters is 1. The summed E-state index contributed by atoms with van der Waals surface area (Å²) in [5.74, 6) is -1.17. The minimum atomic E-state index is -0.655. The zero-order chi connectivity index (χ0) is 23.3. The van der Waals surface area contributed by atoms with E-state index in [1.54, 1.807) is 35.2 Å². The predicted octanol–water partition coefficient (Wildman–Crippen LogP) is 3.26. The lowest BCUT2D eigenvalue weighted by Gasteiger charge is -2.36. The van der Waals surface area contributed by atoms with E-state index in [0.717, 1.165) is 5.56 Å². The molecule has 0 aromatic heterocycles. The van der Waals surface area contributed by atoms with Crippen LogP contribution >= 0.6 is 11.6 Å². The smallest absolute Gasteiger partial charge is 0.344 e. The quantitative estimate of drug-likeness (QED) is 0.464. The van der Waals surface area contributed by atoms with E-state index in [9.17, 15) is 18.8 Å². The molecular weight excluding hydrogens is 439 g/mol. The van der Waals surface area contributed by atoms with E-state index in [1.165, 1.54) is 13.0 Å². The van der Waals surface area contributed by atoms with Gasteiger partial charge in [-0.15, -0.1) is 0 Å². The monoisotopic (exact) mass is 462 g/mol. The van der Waals surface area contributed by atoms with Gasteiger partial charge in [0.2, 0.25) is 0 Å². The molecule has 1 heterocycles. The maximum Gasteiger partial charge on any atom is 0.344 e. The lowest BCUT2D eigenvalue weighted by Crippen LogP contribution is -2.50. The second kappa shape index (κ2) is 10.5. The molecule has 0 atom stereocenters. The number of aryl methyl sites for hydroxylation is 1. The molecule has 0 spiro atoms. The average molecular weight is 463 g/mol. The largest absolute Gasteiger partial charge is 0.482 e. The molecule has 32 heavy (non-hydrogen) atoms. The Morgan fingerprint density at radius 1 is 1.03 bits per heavy atom. The Bertz CT molecular complexity index is 1020. The summed E-state index contributed by atoms with van der Waals surface area (Å²) in [6.45, 7) is 4.08. The second-order valence-corrected chi connectivity index (χ2v) is 7.86. The number of piperazine rings is 1. The zero-order valence-corrected chi connectivity index (χ0v) is 18.7. The van der Waals surface area contributed by atoms with Crippen molar-refractivity contribution in [1.82, 2.24) is 4.90 Å². The fourth-order valence-corrected chi connectivity index (χ4v) is 3.42. The van der Waals surface area contributed by atoms with E-state index in [0.29, 0.717) is 48.2 Å². The highest BCUT2D eigenvalue weighted by molar-refractivity contribution is 6.31. The highest BCUT2D eigenvalue weighted by Gasteiger charge is 2.24. The van der Waals surface area contributed by atoms with Crippen LogP contribution in [0.4, 0.5) is 10.1 Å². The van der Waals surface area contributed by atoms with Crippen LogP contribution in [0.5, 0.6) is 5.75 Å². The Hall–Kier alpha value is -3.13. The van der Waals surface area contributed by atoms with Crippen molar-refractivity contribution < 1.29 is 28.2 Å². The molecule has 3 rings (SSSR count). The summed E-state index contributed by atoms with van der Waals surface area (Å²) in [6.07, 6.45) is 0. The van der Waals surface area contributed by atoms with Crippen molar-refractivity contribution in [1.29, 1.82) is 0 Å². The number of anilines is 1. The summed E-state index contributed by atoms with van der Waals surface area (Å²) >= 11 is 5.95. The summed E-state index contributed by atoms with van der Waals surface area (Å²) in [7, 11) is 0. The van der Waals surface area contributed by atoms with Crippen LogP contribution in [-0.2, 0) is 14.3 Å². The Kier molecular flexibility index (Phi) is 7.69. The first-order chi connectivity index (χ1) is 15.2. The van der Waals surface area contributed by atoms with Gasteiger partial charge in [-0.1, -0.05) is 11.6 Å². The molecule has 2 aromatic rings. The zero-order valence-electron chi connectivity index (χ0n) is 17.9. The third-order valence-electron chi connectivity index (χ3n) is 5.17. The van der Waals surface area contributed by atoms with Gasteiger partial charge in [0.15, 0.2) is 19.0 Å². The third-order valence-corrected chi connectivity index (χ3v) is 5.59. The molecule has 7 nitrogen and oxygen atoms in total. The van der Waals surface area contributed by atoms with Gasteiger partial charge < -0.3 is 19.3 Å². The summed E-state index contributed by atoms with van der Waals surface area (Å²) < 4.78 is 24.7. The number of Topliss-reactive ketones (excluding diaryl/α,β-unsaturated/α-hetero) is 1. The number of hydrogen-bond acceptors (Lipinski definition) is 6. The van der Waals surface area contributed by atoms with Crippen LogP contribution in [0.15, 0.2) is 36.4 Å². The highest BCUT2D eigenvalue weighted by atomic mass is 35.5. The van der Waals surface area contributed by atoms with Gasteiger partial charge in [-0.3, -0.25) is 9.59 Å². The number of benzene rings is 2. The minimum absolute atomic E-state index is 0.200. The van der Waals surface area contributed by atoms with Crippen molar-refractivity contribution >= 4 is 34.9 Å². The van der Waals surface area contributed by atoms with Crippen molar-refractivity contribution in [2.75, 3.05) is 44.3 Å². The lowest BCUT2D eigenvalue weighted by molar-refractivity contribution is -0.153. The van der Waals surface area contributed by atoms with Crippen LogP contribution in [0.25, 0.3) is 0 Å². The van der Waals surface area contributed by atoms with Gasteiger partial charge >= 0.3 is 5.97 Å². The van der Waals surface area contributed by atoms with Gasteiger partial charge in [0.1, 0.15) is 11.6 Å². The van der Waals surface area contributed by atoms with Gasteiger partial charge in [-0.2, -0.15) is 0 Å². The number of rotatable bonds is 7. The Morgan fingerprint density at radius 3 is 2.38 bits per heavy atom. The maximum absolute atomic E-state index is 14.3. The highest BCUT2D eigenvalue weighted by Crippen LogP contribution is 2.23. The molecule has 0 aliphatic carbocycles. The van der Waals surface area contributed by atoms with E-state index in [4.69, 9.17) is 21.1 Å². The Labute approximate surface area is 190 Å². The fraction of sp³-hybridized carbons (Fsp3) is 0.348. The van der Waals surface area contributed by atoms with Crippen LogP contribution in [0.3, 0.4) is 0 Å². The van der Waals surface area contributed by atoms with Gasteiger partial charge in [-0.05, 0) is 55.8 Å². The van der Waals surface area contributed by atoms with Crippen molar-refractivity contribution in [2.24, 2.45) is 0 Å². The van der Waals surface area contributed by atoms with Gasteiger partial charge in [0.25, 0.3) is 5.91 Å². The maximum atomic E-state index is 14.3. The van der Waals surface area contributed by atoms with E-state index >= 15 is 0 Å². The number of ketones is 1. The van der Waals surface area contributed by atoms with E-state index < -0.39 is 11.8 Å². The van der Waals surface area contributed by atoms with Crippen LogP contribution in [0.1, 0.15) is 22.8 Å². The number of carbonyl (C=O) groups excluding carboxylic acids is 3. The van der Waals surface area contributed by atoms with Crippen LogP contribution in [0.2, 0.25) is 5.02 Å². The number of nitrogens with zero attached hydrogens (tertiary/aromatic N) is 2. The normalized spacial score (nSPS) is 13.6. The van der Waals surface area contributed by atoms with Gasteiger partial charge in [-0.25, -0.2) is 9.18 Å². The number of carbonyl (C=O) groups is 3. The van der Waals surface area contributed by atoms with Crippen molar-refractivity contribution in [2.45, 2.75) is 13.8 Å². The standard InChI is InChI=1S/C23H24ClFN2O5/c1-15-11-18(4-5-19(15)24)31-14-23(30)32-13-22(29)27-9-7-26(8-10-27)21-6-3-17(16(2)28)12-20(21)25/h3-6,11-12H,7-10,13-14H2,1-2H3. The topological polar surface area (TPSA) is 76.2 Å². The molecule has 170 valence electrons. The molecule has 0 radical (unpaired) electrons. The van der Waals surface area contributed by atoms with Gasteiger partial charge in [0, 0.05) is 36.8 Å². The second-order valence-electron chi connectivity index (χ2n) is 7.45. The molecule has 9 heteroatoms. The third kappa shape index (κ3) is 5.97. The molecule has 0 N–H and O–H groups in total. The molecule has 1 saturated heterocycles. The number of ether oxygens (including phenoxy) is 2. The first-order valence-corrected chi connectivity index (χ1v) is 10.5. The molecule has 1 fully saturated rings. The predicted molar refractivity (Wildman–Crippen MR) is 118 cm³/mol. The number of halogens is 2. The minimum Gasteiger partial charge on any atom is -0.482 e. The van der Waals surface area contributed by atoms with E-state index in [-0.39, 0.29) is 24.9 Å². The van der Waals surface area contributed by atoms with E-state index in [2.05, 4.69) is 0 Å². The van der Waals surface area contributed by atoms with Crippen LogP contribution < -0.4 is 9.64 Å². The fourth-order valence-electron chi connectivity index (χ4n) is 3.30.